The van der Waals surface area contributed by atoms with Crippen LogP contribution in [0.2, 0.25) is 0 Å². The first-order valence-corrected chi connectivity index (χ1v) is 11.3. The van der Waals surface area contributed by atoms with E-state index in [1.807, 2.05) is 6.07 Å². The molecular formula is C27H31N3O2. The minimum Gasteiger partial charge on any atom is -0.496 e. The van der Waals surface area contributed by atoms with Gasteiger partial charge in [-0.3, -0.25) is 0 Å². The van der Waals surface area contributed by atoms with Gasteiger partial charge in [-0.25, -0.2) is 9.97 Å². The van der Waals surface area contributed by atoms with Crippen LogP contribution in [0.15, 0.2) is 66.2 Å². The van der Waals surface area contributed by atoms with Gasteiger partial charge in [-0.2, -0.15) is 0 Å². The third-order valence-corrected chi connectivity index (χ3v) is 5.89. The van der Waals surface area contributed by atoms with E-state index in [2.05, 4.69) is 71.6 Å². The van der Waals surface area contributed by atoms with Crippen molar-refractivity contribution in [3.8, 4) is 5.75 Å². The summed E-state index contributed by atoms with van der Waals surface area (Å²) in [6, 6.07) is 12.7. The van der Waals surface area contributed by atoms with Crippen molar-refractivity contribution < 1.29 is 9.47 Å². The lowest BCUT2D eigenvalue weighted by Gasteiger charge is -2.15. The van der Waals surface area contributed by atoms with Crippen LogP contribution in [-0.2, 0) is 17.6 Å². The summed E-state index contributed by atoms with van der Waals surface area (Å²) >= 11 is 0. The summed E-state index contributed by atoms with van der Waals surface area (Å²) in [6.45, 7) is 5.69. The van der Waals surface area contributed by atoms with Gasteiger partial charge >= 0.3 is 0 Å². The predicted molar refractivity (Wildman–Crippen MR) is 130 cm³/mol. The average Bonchev–Trinajstić information content (AvgIpc) is 2.83. The van der Waals surface area contributed by atoms with E-state index in [0.29, 0.717) is 6.61 Å². The molecule has 166 valence electrons. The molecule has 0 radical (unpaired) electrons. The van der Waals surface area contributed by atoms with Crippen LogP contribution in [0.5, 0.6) is 5.75 Å². The van der Waals surface area contributed by atoms with Crippen molar-refractivity contribution in [2.45, 2.75) is 39.5 Å². The number of benzene rings is 2. The second-order valence-electron chi connectivity index (χ2n) is 8.09. The van der Waals surface area contributed by atoms with Crippen LogP contribution in [0, 0.1) is 0 Å². The zero-order valence-electron chi connectivity index (χ0n) is 19.1. The fraction of sp³-hybridized carbons (Fsp3) is 0.333. The van der Waals surface area contributed by atoms with Crippen LogP contribution in [-0.4, -0.2) is 30.2 Å². The summed E-state index contributed by atoms with van der Waals surface area (Å²) in [4.78, 5) is 9.01. The van der Waals surface area contributed by atoms with Crippen molar-refractivity contribution in [1.82, 2.24) is 9.97 Å². The molecule has 32 heavy (non-hydrogen) atoms. The molecule has 0 unspecified atom stereocenters. The number of hydrogen-bond acceptors (Lipinski definition) is 5. The van der Waals surface area contributed by atoms with Crippen LogP contribution in [0.1, 0.15) is 43.5 Å². The Bertz CT molecular complexity index is 1130. The van der Waals surface area contributed by atoms with Crippen LogP contribution < -0.4 is 10.1 Å². The van der Waals surface area contributed by atoms with Crippen molar-refractivity contribution in [3.05, 3.63) is 83.0 Å². The fourth-order valence-electron chi connectivity index (χ4n) is 4.01. The molecule has 0 aliphatic heterocycles. The van der Waals surface area contributed by atoms with Crippen LogP contribution in [0.3, 0.4) is 0 Å². The molecule has 0 saturated heterocycles. The second-order valence-corrected chi connectivity index (χ2v) is 8.09. The maximum atomic E-state index is 5.90. The number of hydrogen-bond donors (Lipinski definition) is 1. The number of anilines is 1. The molecule has 1 heterocycles. The van der Waals surface area contributed by atoms with E-state index in [-0.39, 0.29) is 0 Å². The summed E-state index contributed by atoms with van der Waals surface area (Å²) in [5, 5.41) is 4.53. The maximum absolute atomic E-state index is 5.90. The van der Waals surface area contributed by atoms with Gasteiger partial charge in [-0.05, 0) is 67.2 Å². The van der Waals surface area contributed by atoms with Gasteiger partial charge in [0.05, 0.1) is 18.3 Å². The first kappa shape index (κ1) is 21.9. The quantitative estimate of drug-likeness (QED) is 0.433. The second kappa shape index (κ2) is 10.3. The van der Waals surface area contributed by atoms with E-state index >= 15 is 0 Å². The number of fused-ring (bicyclic) bond motifs is 1. The molecule has 1 aliphatic rings. The molecule has 1 aliphatic carbocycles. The Morgan fingerprint density at radius 3 is 2.69 bits per heavy atom. The van der Waals surface area contributed by atoms with E-state index in [4.69, 9.17) is 9.47 Å². The zero-order valence-corrected chi connectivity index (χ0v) is 19.1. The van der Waals surface area contributed by atoms with E-state index in [1.54, 1.807) is 13.4 Å². The number of allylic oxidation sites excluding steroid dienone is 3. The summed E-state index contributed by atoms with van der Waals surface area (Å²) in [5.74, 6) is 1.91. The number of ether oxygens (including phenoxy) is 2. The topological polar surface area (TPSA) is 56.3 Å². The van der Waals surface area contributed by atoms with Gasteiger partial charge in [-0.1, -0.05) is 25.1 Å². The molecule has 3 aromatic rings. The highest BCUT2D eigenvalue weighted by atomic mass is 16.5. The summed E-state index contributed by atoms with van der Waals surface area (Å²) in [5.41, 5.74) is 6.76. The first-order valence-electron chi connectivity index (χ1n) is 11.3. The van der Waals surface area contributed by atoms with E-state index < -0.39 is 0 Å². The highest BCUT2D eigenvalue weighted by Gasteiger charge is 2.10. The number of nitrogens with one attached hydrogen (secondary N) is 1. The number of aryl methyl sites for hydroxylation is 1. The lowest BCUT2D eigenvalue weighted by atomic mass is 10.0. The van der Waals surface area contributed by atoms with Gasteiger partial charge in [0.15, 0.2) is 0 Å². The lowest BCUT2D eigenvalue weighted by Crippen LogP contribution is -2.10. The molecule has 1 aromatic heterocycles. The Balaban J connectivity index is 1.38. The van der Waals surface area contributed by atoms with Crippen LogP contribution >= 0.6 is 0 Å². The van der Waals surface area contributed by atoms with Gasteiger partial charge in [0.25, 0.3) is 0 Å². The smallest absolute Gasteiger partial charge is 0.124 e. The van der Waals surface area contributed by atoms with Gasteiger partial charge in [-0.15, -0.1) is 0 Å². The zero-order chi connectivity index (χ0) is 22.3. The van der Waals surface area contributed by atoms with Gasteiger partial charge in [0.1, 0.15) is 24.4 Å². The minimum atomic E-state index is 0.648. The molecule has 0 bridgehead atoms. The Morgan fingerprint density at radius 1 is 1.09 bits per heavy atom. The standard InChI is InChI=1S/C27H31N3O2/c1-4-21-16-23-24(29-18-30-25(23)17-27(21)31-3)15-20-9-11-22(12-10-20)28-13-14-32-26-8-6-5-7-19(26)2/h6,8-12,16-18,28H,4-5,7,13-15H2,1-3H3. The number of methoxy groups -OCH3 is 1. The molecule has 0 amide bonds. The molecular weight excluding hydrogens is 398 g/mol. The molecule has 0 atom stereocenters. The molecule has 0 saturated carbocycles. The molecule has 2 aromatic carbocycles. The highest BCUT2D eigenvalue weighted by molar-refractivity contribution is 5.83. The Morgan fingerprint density at radius 2 is 1.94 bits per heavy atom. The predicted octanol–water partition coefficient (Wildman–Crippen LogP) is 5.84. The largest absolute Gasteiger partial charge is 0.496 e. The lowest BCUT2D eigenvalue weighted by molar-refractivity contribution is 0.231. The third kappa shape index (κ3) is 5.10. The number of aromatic nitrogens is 2. The van der Waals surface area contributed by atoms with Crippen molar-refractivity contribution >= 4 is 16.6 Å². The highest BCUT2D eigenvalue weighted by Crippen LogP contribution is 2.27. The van der Waals surface area contributed by atoms with E-state index in [9.17, 15) is 0 Å². The fourth-order valence-corrected chi connectivity index (χ4v) is 4.01. The van der Waals surface area contributed by atoms with Gasteiger partial charge in [0.2, 0.25) is 0 Å². The SMILES string of the molecule is CCc1cc2c(Cc3ccc(NCCOC4=C(C)CCC=C4)cc3)ncnc2cc1OC. The molecule has 0 spiro atoms. The first-order chi connectivity index (χ1) is 15.7. The molecule has 5 nitrogen and oxygen atoms in total. The molecule has 0 fully saturated rings. The minimum absolute atomic E-state index is 0.648. The van der Waals surface area contributed by atoms with E-state index in [1.165, 1.54) is 16.7 Å². The van der Waals surface area contributed by atoms with Crippen LogP contribution in [0.4, 0.5) is 5.69 Å². The summed E-state index contributed by atoms with van der Waals surface area (Å²) < 4.78 is 11.4. The number of rotatable bonds is 9. The van der Waals surface area contributed by atoms with Crippen molar-refractivity contribution in [3.63, 3.8) is 0 Å². The van der Waals surface area contributed by atoms with Crippen LogP contribution in [0.25, 0.3) is 10.9 Å². The van der Waals surface area contributed by atoms with Crippen molar-refractivity contribution in [2.24, 2.45) is 0 Å². The third-order valence-electron chi connectivity index (χ3n) is 5.89. The average molecular weight is 430 g/mol. The maximum Gasteiger partial charge on any atom is 0.124 e. The number of nitrogens with zero attached hydrogens (tertiary/aromatic N) is 2. The normalized spacial score (nSPS) is 13.5. The summed E-state index contributed by atoms with van der Waals surface area (Å²) in [7, 11) is 1.70. The van der Waals surface area contributed by atoms with Gasteiger partial charge < -0.3 is 14.8 Å². The Kier molecular flexibility index (Phi) is 7.05. The van der Waals surface area contributed by atoms with Crippen molar-refractivity contribution in [1.29, 1.82) is 0 Å². The monoisotopic (exact) mass is 429 g/mol. The Labute approximate surface area is 190 Å². The van der Waals surface area contributed by atoms with Gasteiger partial charge in [0, 0.05) is 30.1 Å². The van der Waals surface area contributed by atoms with Crippen molar-refractivity contribution in [2.75, 3.05) is 25.6 Å². The molecule has 4 rings (SSSR count). The Hall–Kier alpha value is -3.34. The molecule has 5 heteroatoms. The molecule has 1 N–H and O–H groups in total. The van der Waals surface area contributed by atoms with E-state index in [0.717, 1.165) is 66.0 Å². The summed E-state index contributed by atoms with van der Waals surface area (Å²) in [6.07, 6.45) is 9.77.